The van der Waals surface area contributed by atoms with E-state index in [1.54, 1.807) is 35.3 Å². The summed E-state index contributed by atoms with van der Waals surface area (Å²) >= 11 is 5.94. The maximum atomic E-state index is 9.96. The molecule has 0 fully saturated rings. The predicted octanol–water partition coefficient (Wildman–Crippen LogP) is 5.54. The van der Waals surface area contributed by atoms with Crippen LogP contribution in [0.1, 0.15) is 11.1 Å². The number of nitrogens with zero attached hydrogens (tertiary/aromatic N) is 4. The number of halogens is 1. The number of aliphatic imine (C=N–C) groups is 1. The molecule has 4 rings (SSSR count). The smallest absolute Gasteiger partial charge is 0.251 e. The third-order valence-corrected chi connectivity index (χ3v) is 4.45. The van der Waals surface area contributed by atoms with Crippen molar-refractivity contribution in [3.05, 3.63) is 101 Å². The molecule has 0 atom stereocenters. The van der Waals surface area contributed by atoms with Gasteiger partial charge in [0, 0.05) is 22.4 Å². The highest BCUT2D eigenvalue weighted by molar-refractivity contribution is 6.30. The molecule has 0 aliphatic heterocycles. The molecule has 6 heteroatoms. The Balaban J connectivity index is 1.71. The lowest BCUT2D eigenvalue weighted by Gasteiger charge is -1.98. The molecule has 0 spiro atoms. The van der Waals surface area contributed by atoms with Gasteiger partial charge in [-0.05, 0) is 29.8 Å². The van der Waals surface area contributed by atoms with Crippen LogP contribution < -0.4 is 0 Å². The number of aromatic nitrogens is 2. The van der Waals surface area contributed by atoms with Gasteiger partial charge in [-0.25, -0.2) is 14.7 Å². The summed E-state index contributed by atoms with van der Waals surface area (Å²) in [6, 6.07) is 24.2. The predicted molar refractivity (Wildman–Crippen MR) is 117 cm³/mol. The van der Waals surface area contributed by atoms with Crippen molar-refractivity contribution in [1.29, 1.82) is 0 Å². The van der Waals surface area contributed by atoms with Crippen LogP contribution in [0, 0.1) is 0 Å². The summed E-state index contributed by atoms with van der Waals surface area (Å²) in [5, 5.41) is 15.1. The number of phenolic OH excluding ortho intramolecular Hbond substituents is 1. The van der Waals surface area contributed by atoms with E-state index in [4.69, 9.17) is 11.6 Å². The Labute approximate surface area is 173 Å². The van der Waals surface area contributed by atoms with Gasteiger partial charge in [-0.1, -0.05) is 66.2 Å². The third-order valence-electron chi connectivity index (χ3n) is 4.20. The fraction of sp³-hybridized carbons (Fsp3) is 0. The molecule has 1 aromatic heterocycles. The summed E-state index contributed by atoms with van der Waals surface area (Å²) in [4.78, 5) is 9.04. The maximum absolute atomic E-state index is 9.96. The number of rotatable bonds is 5. The van der Waals surface area contributed by atoms with Gasteiger partial charge >= 0.3 is 0 Å². The molecule has 4 aromatic rings. The Kier molecular flexibility index (Phi) is 5.49. The van der Waals surface area contributed by atoms with Crippen molar-refractivity contribution in [2.45, 2.75) is 0 Å². The number of hydrogen-bond donors (Lipinski definition) is 1. The quantitative estimate of drug-likeness (QED) is 0.447. The molecular weight excluding hydrogens is 384 g/mol. The number of benzene rings is 3. The number of hydrogen-bond acceptors (Lipinski definition) is 4. The lowest BCUT2D eigenvalue weighted by Crippen LogP contribution is -1.90. The minimum absolute atomic E-state index is 0.155. The largest absolute Gasteiger partial charge is 0.507 e. The number of aromatic hydroxyl groups is 1. The summed E-state index contributed by atoms with van der Waals surface area (Å²) in [5.74, 6) is 0.555. The van der Waals surface area contributed by atoms with Crippen LogP contribution in [0.25, 0.3) is 11.3 Å². The molecule has 0 saturated heterocycles. The summed E-state index contributed by atoms with van der Waals surface area (Å²) in [6.45, 7) is 0. The van der Waals surface area contributed by atoms with Crippen LogP contribution in [0.15, 0.2) is 95.2 Å². The first kappa shape index (κ1) is 18.7. The van der Waals surface area contributed by atoms with Crippen molar-refractivity contribution >= 4 is 30.0 Å². The van der Waals surface area contributed by atoms with E-state index in [1.165, 1.54) is 0 Å². The molecule has 0 amide bonds. The SMILES string of the molecule is Oc1ccccc1C=Nc1nc(-c2ccccc2)cn1N=Cc1ccc(Cl)cc1. The van der Waals surface area contributed by atoms with Crippen LogP contribution >= 0.6 is 11.6 Å². The van der Waals surface area contributed by atoms with Gasteiger partial charge in [-0.3, -0.25) is 0 Å². The van der Waals surface area contributed by atoms with E-state index in [2.05, 4.69) is 15.1 Å². The monoisotopic (exact) mass is 400 g/mol. The molecule has 0 aliphatic carbocycles. The van der Waals surface area contributed by atoms with Crippen molar-refractivity contribution in [3.8, 4) is 17.0 Å². The van der Waals surface area contributed by atoms with Gasteiger partial charge in [0.05, 0.1) is 18.1 Å². The summed E-state index contributed by atoms with van der Waals surface area (Å²) in [6.07, 6.45) is 5.10. The van der Waals surface area contributed by atoms with E-state index in [-0.39, 0.29) is 5.75 Å². The topological polar surface area (TPSA) is 62.8 Å². The third kappa shape index (κ3) is 4.59. The molecular formula is C23H17ClN4O. The average Bonchev–Trinajstić information content (AvgIpc) is 3.16. The summed E-state index contributed by atoms with van der Waals surface area (Å²) < 4.78 is 1.60. The summed E-state index contributed by atoms with van der Waals surface area (Å²) in [5.41, 5.74) is 3.22. The van der Waals surface area contributed by atoms with E-state index >= 15 is 0 Å². The zero-order valence-electron chi connectivity index (χ0n) is 15.4. The zero-order valence-corrected chi connectivity index (χ0v) is 16.1. The van der Waals surface area contributed by atoms with E-state index in [9.17, 15) is 5.11 Å². The van der Waals surface area contributed by atoms with Crippen LogP contribution in [0.5, 0.6) is 5.75 Å². The fourth-order valence-corrected chi connectivity index (χ4v) is 2.81. The van der Waals surface area contributed by atoms with Gasteiger partial charge in [0.25, 0.3) is 5.95 Å². The van der Waals surface area contributed by atoms with Crippen LogP contribution in [-0.4, -0.2) is 27.2 Å². The van der Waals surface area contributed by atoms with Gasteiger partial charge < -0.3 is 5.11 Å². The molecule has 3 aromatic carbocycles. The average molecular weight is 401 g/mol. The number of phenols is 1. The van der Waals surface area contributed by atoms with Crippen LogP contribution in [0.3, 0.4) is 0 Å². The van der Waals surface area contributed by atoms with Gasteiger partial charge in [0.2, 0.25) is 0 Å². The first-order valence-corrected chi connectivity index (χ1v) is 9.34. The van der Waals surface area contributed by atoms with Crippen molar-refractivity contribution < 1.29 is 5.11 Å². The molecule has 0 radical (unpaired) electrons. The second kappa shape index (κ2) is 8.54. The molecule has 142 valence electrons. The van der Waals surface area contributed by atoms with Crippen molar-refractivity contribution in [2.24, 2.45) is 10.1 Å². The van der Waals surface area contributed by atoms with Crippen LogP contribution in [-0.2, 0) is 0 Å². The maximum Gasteiger partial charge on any atom is 0.251 e. The lowest BCUT2D eigenvalue weighted by molar-refractivity contribution is 0.474. The second-order valence-corrected chi connectivity index (χ2v) is 6.69. The highest BCUT2D eigenvalue weighted by atomic mass is 35.5. The highest BCUT2D eigenvalue weighted by Gasteiger charge is 2.08. The first-order valence-electron chi connectivity index (χ1n) is 8.96. The van der Waals surface area contributed by atoms with E-state index < -0.39 is 0 Å². The highest BCUT2D eigenvalue weighted by Crippen LogP contribution is 2.23. The minimum Gasteiger partial charge on any atom is -0.507 e. The van der Waals surface area contributed by atoms with Crippen molar-refractivity contribution in [1.82, 2.24) is 9.66 Å². The molecule has 1 heterocycles. The van der Waals surface area contributed by atoms with Crippen molar-refractivity contribution in [3.63, 3.8) is 0 Å². The molecule has 0 aliphatic rings. The van der Waals surface area contributed by atoms with E-state index in [0.717, 1.165) is 16.8 Å². The van der Waals surface area contributed by atoms with Gasteiger partial charge in [0.1, 0.15) is 5.75 Å². The van der Waals surface area contributed by atoms with Gasteiger partial charge in [-0.15, -0.1) is 0 Å². The summed E-state index contributed by atoms with van der Waals surface area (Å²) in [7, 11) is 0. The van der Waals surface area contributed by atoms with E-state index in [0.29, 0.717) is 16.5 Å². The Hall–Kier alpha value is -3.70. The fourth-order valence-electron chi connectivity index (χ4n) is 2.68. The van der Waals surface area contributed by atoms with Crippen LogP contribution in [0.4, 0.5) is 5.95 Å². The molecule has 29 heavy (non-hydrogen) atoms. The molecule has 0 bridgehead atoms. The van der Waals surface area contributed by atoms with Gasteiger partial charge in [0.15, 0.2) is 0 Å². The minimum atomic E-state index is 0.155. The Morgan fingerprint density at radius 2 is 1.59 bits per heavy atom. The molecule has 0 saturated carbocycles. The second-order valence-electron chi connectivity index (χ2n) is 6.25. The molecule has 5 nitrogen and oxygen atoms in total. The molecule has 1 N–H and O–H groups in total. The Morgan fingerprint density at radius 3 is 2.34 bits per heavy atom. The van der Waals surface area contributed by atoms with Crippen LogP contribution in [0.2, 0.25) is 5.02 Å². The van der Waals surface area contributed by atoms with E-state index in [1.807, 2.05) is 66.9 Å². The Morgan fingerprint density at radius 1 is 0.862 bits per heavy atom. The Bertz CT molecular complexity index is 1170. The first-order chi connectivity index (χ1) is 14.2. The standard InChI is InChI=1S/C23H17ClN4O/c24-20-12-10-17(11-13-20)14-26-28-16-21(18-6-2-1-3-7-18)27-23(28)25-15-19-8-4-5-9-22(19)29/h1-16,29H. The zero-order chi connectivity index (χ0) is 20.1. The number of para-hydroxylation sites is 1. The lowest BCUT2D eigenvalue weighted by atomic mass is 10.2. The number of imidazole rings is 1. The van der Waals surface area contributed by atoms with Crippen molar-refractivity contribution in [2.75, 3.05) is 0 Å². The van der Waals surface area contributed by atoms with Gasteiger partial charge in [-0.2, -0.15) is 5.10 Å². The molecule has 0 unspecified atom stereocenters. The normalized spacial score (nSPS) is 11.5.